The van der Waals surface area contributed by atoms with E-state index in [0.29, 0.717) is 0 Å². The first-order valence-corrected chi connectivity index (χ1v) is 5.92. The average molecular weight is 254 g/mol. The molecule has 0 heterocycles. The molecule has 0 amide bonds. The van der Waals surface area contributed by atoms with Crippen molar-refractivity contribution in [1.82, 2.24) is 0 Å². The summed E-state index contributed by atoms with van der Waals surface area (Å²) in [5, 5.41) is 10.7. The van der Waals surface area contributed by atoms with Crippen molar-refractivity contribution in [2.75, 3.05) is 0 Å². The highest BCUT2D eigenvalue weighted by Crippen LogP contribution is 2.20. The minimum Gasteiger partial charge on any atom is -0.258 e. The van der Waals surface area contributed by atoms with Crippen LogP contribution in [0.25, 0.3) is 0 Å². The van der Waals surface area contributed by atoms with Crippen LogP contribution in [0.5, 0.6) is 0 Å². The van der Waals surface area contributed by atoms with Gasteiger partial charge in [0.2, 0.25) is 0 Å². The van der Waals surface area contributed by atoms with Crippen LogP contribution in [-0.4, -0.2) is 11.1 Å². The van der Waals surface area contributed by atoms with Gasteiger partial charge in [-0.25, -0.2) is 0 Å². The van der Waals surface area contributed by atoms with Gasteiger partial charge in [0, 0.05) is 18.3 Å². The molecule has 4 heteroatoms. The molecule has 0 bridgehead atoms. The summed E-state index contributed by atoms with van der Waals surface area (Å²) < 4.78 is 0. The van der Waals surface area contributed by atoms with Crippen LogP contribution < -0.4 is 0 Å². The van der Waals surface area contributed by atoms with Crippen LogP contribution in [0, 0.1) is 24.0 Å². The first-order chi connectivity index (χ1) is 9.06. The summed E-state index contributed by atoms with van der Waals surface area (Å²) in [6, 6.07) is 12.5. The Morgan fingerprint density at radius 1 is 1.16 bits per heavy atom. The number of nitro groups is 1. The monoisotopic (exact) mass is 254 g/mol. The Morgan fingerprint density at radius 3 is 2.68 bits per heavy atom. The molecule has 19 heavy (non-hydrogen) atoms. The van der Waals surface area contributed by atoms with Crippen molar-refractivity contribution in [1.29, 1.82) is 0 Å². The predicted molar refractivity (Wildman–Crippen MR) is 76.3 cm³/mol. The summed E-state index contributed by atoms with van der Waals surface area (Å²) >= 11 is 0. The maximum atomic E-state index is 10.7. The molecular formula is C15H14N2O2. The molecule has 0 saturated carbocycles. The van der Waals surface area contributed by atoms with Gasteiger partial charge in [-0.3, -0.25) is 15.1 Å². The predicted octanol–water partition coefficient (Wildman–Crippen LogP) is 3.96. The zero-order valence-corrected chi connectivity index (χ0v) is 10.8. The standard InChI is InChI=1S/C15H14N2O2/c1-11-6-7-12(2)15(8-11)16-10-13-4-3-5-14(9-13)17(18)19/h3-10H,1-2H3. The Balaban J connectivity index is 2.30. The highest BCUT2D eigenvalue weighted by Gasteiger charge is 2.04. The van der Waals surface area contributed by atoms with Crippen molar-refractivity contribution in [3.8, 4) is 0 Å². The van der Waals surface area contributed by atoms with Gasteiger partial charge in [-0.2, -0.15) is 0 Å². The Hall–Kier alpha value is -2.49. The third kappa shape index (κ3) is 3.25. The zero-order valence-electron chi connectivity index (χ0n) is 10.8. The second-order valence-corrected chi connectivity index (χ2v) is 4.40. The van der Waals surface area contributed by atoms with Crippen LogP contribution in [0.2, 0.25) is 0 Å². The molecule has 0 aliphatic heterocycles. The molecule has 0 aromatic heterocycles. The fourth-order valence-electron chi connectivity index (χ4n) is 1.72. The molecule has 4 nitrogen and oxygen atoms in total. The molecule has 0 N–H and O–H groups in total. The molecule has 0 aliphatic rings. The lowest BCUT2D eigenvalue weighted by molar-refractivity contribution is -0.384. The average Bonchev–Trinajstić information content (AvgIpc) is 2.40. The summed E-state index contributed by atoms with van der Waals surface area (Å²) in [4.78, 5) is 14.7. The Bertz CT molecular complexity index is 648. The van der Waals surface area contributed by atoms with Gasteiger partial charge in [0.1, 0.15) is 0 Å². The summed E-state index contributed by atoms with van der Waals surface area (Å²) in [6.07, 6.45) is 1.65. The minimum atomic E-state index is -0.407. The van der Waals surface area contributed by atoms with Crippen LogP contribution in [0.1, 0.15) is 16.7 Å². The summed E-state index contributed by atoms with van der Waals surface area (Å²) in [7, 11) is 0. The number of hydrogen-bond donors (Lipinski definition) is 0. The lowest BCUT2D eigenvalue weighted by Crippen LogP contribution is -1.89. The lowest BCUT2D eigenvalue weighted by atomic mass is 10.1. The molecule has 0 spiro atoms. The van der Waals surface area contributed by atoms with E-state index in [-0.39, 0.29) is 5.69 Å². The van der Waals surface area contributed by atoms with Crippen LogP contribution in [0.15, 0.2) is 47.5 Å². The van der Waals surface area contributed by atoms with Gasteiger partial charge in [-0.15, -0.1) is 0 Å². The van der Waals surface area contributed by atoms with E-state index >= 15 is 0 Å². The number of aliphatic imine (C=N–C) groups is 1. The van der Waals surface area contributed by atoms with Gasteiger partial charge in [0.15, 0.2) is 0 Å². The normalized spacial score (nSPS) is 10.8. The van der Waals surface area contributed by atoms with Gasteiger partial charge in [0.25, 0.3) is 5.69 Å². The molecule has 0 radical (unpaired) electrons. The minimum absolute atomic E-state index is 0.0740. The summed E-state index contributed by atoms with van der Waals surface area (Å²) in [5.74, 6) is 0. The molecule has 0 saturated heterocycles. The number of non-ortho nitro benzene ring substituents is 1. The summed E-state index contributed by atoms with van der Waals surface area (Å²) in [6.45, 7) is 3.99. The first kappa shape index (κ1) is 13.0. The van der Waals surface area contributed by atoms with E-state index in [1.165, 1.54) is 12.1 Å². The van der Waals surface area contributed by atoms with Gasteiger partial charge in [-0.05, 0) is 36.6 Å². The largest absolute Gasteiger partial charge is 0.270 e. The topological polar surface area (TPSA) is 55.5 Å². The number of hydrogen-bond acceptors (Lipinski definition) is 3. The van der Waals surface area contributed by atoms with Crippen molar-refractivity contribution in [3.63, 3.8) is 0 Å². The van der Waals surface area contributed by atoms with Crippen molar-refractivity contribution >= 4 is 17.6 Å². The maximum absolute atomic E-state index is 10.7. The third-order valence-electron chi connectivity index (χ3n) is 2.80. The molecule has 0 atom stereocenters. The second-order valence-electron chi connectivity index (χ2n) is 4.40. The van der Waals surface area contributed by atoms with E-state index in [4.69, 9.17) is 0 Å². The van der Waals surface area contributed by atoms with Crippen LogP contribution >= 0.6 is 0 Å². The zero-order chi connectivity index (χ0) is 13.8. The van der Waals surface area contributed by atoms with E-state index < -0.39 is 4.92 Å². The number of aryl methyl sites for hydroxylation is 2. The van der Waals surface area contributed by atoms with Gasteiger partial charge in [0.05, 0.1) is 10.6 Å². The van der Waals surface area contributed by atoms with Crippen LogP contribution in [0.3, 0.4) is 0 Å². The highest BCUT2D eigenvalue weighted by atomic mass is 16.6. The Kier molecular flexibility index (Phi) is 3.71. The number of rotatable bonds is 3. The first-order valence-electron chi connectivity index (χ1n) is 5.92. The fourth-order valence-corrected chi connectivity index (χ4v) is 1.72. The molecule has 2 aromatic rings. The molecule has 0 unspecified atom stereocenters. The van der Waals surface area contributed by atoms with E-state index in [1.807, 2.05) is 32.0 Å². The van der Waals surface area contributed by atoms with Crippen molar-refractivity contribution in [2.45, 2.75) is 13.8 Å². The number of nitro benzene ring substituents is 1. The molecule has 0 aliphatic carbocycles. The molecule has 2 aromatic carbocycles. The van der Waals surface area contributed by atoms with Crippen LogP contribution in [-0.2, 0) is 0 Å². The van der Waals surface area contributed by atoms with Crippen molar-refractivity contribution in [3.05, 3.63) is 69.3 Å². The van der Waals surface area contributed by atoms with E-state index in [1.54, 1.807) is 18.3 Å². The molecule has 2 rings (SSSR count). The Labute approximate surface area is 111 Å². The molecular weight excluding hydrogens is 240 g/mol. The fraction of sp³-hybridized carbons (Fsp3) is 0.133. The second kappa shape index (κ2) is 5.44. The SMILES string of the molecule is Cc1ccc(C)c(N=Cc2cccc([N+](=O)[O-])c2)c1. The highest BCUT2D eigenvalue weighted by molar-refractivity contribution is 5.83. The molecule has 96 valence electrons. The van der Waals surface area contributed by atoms with Gasteiger partial charge in [-0.1, -0.05) is 24.3 Å². The van der Waals surface area contributed by atoms with Crippen molar-refractivity contribution in [2.24, 2.45) is 4.99 Å². The lowest BCUT2D eigenvalue weighted by Gasteiger charge is -2.01. The molecule has 0 fully saturated rings. The summed E-state index contributed by atoms with van der Waals surface area (Å²) in [5.41, 5.74) is 3.88. The number of benzene rings is 2. The third-order valence-corrected chi connectivity index (χ3v) is 2.80. The maximum Gasteiger partial charge on any atom is 0.270 e. The van der Waals surface area contributed by atoms with Crippen molar-refractivity contribution < 1.29 is 4.92 Å². The van der Waals surface area contributed by atoms with Gasteiger partial charge < -0.3 is 0 Å². The van der Waals surface area contributed by atoms with Crippen LogP contribution in [0.4, 0.5) is 11.4 Å². The number of nitrogens with zero attached hydrogens (tertiary/aromatic N) is 2. The van der Waals surface area contributed by atoms with E-state index in [2.05, 4.69) is 4.99 Å². The van der Waals surface area contributed by atoms with E-state index in [9.17, 15) is 10.1 Å². The Morgan fingerprint density at radius 2 is 1.95 bits per heavy atom. The van der Waals surface area contributed by atoms with E-state index in [0.717, 1.165) is 22.4 Å². The van der Waals surface area contributed by atoms with Gasteiger partial charge >= 0.3 is 0 Å². The quantitative estimate of drug-likeness (QED) is 0.473. The smallest absolute Gasteiger partial charge is 0.258 e.